The summed E-state index contributed by atoms with van der Waals surface area (Å²) in [5, 5.41) is 6.27. The zero-order chi connectivity index (χ0) is 17.9. The van der Waals surface area contributed by atoms with Crippen LogP contribution in [0.2, 0.25) is 5.02 Å². The monoisotopic (exact) mass is 353 g/mol. The molecule has 0 saturated heterocycles. The molecule has 0 saturated carbocycles. The lowest BCUT2D eigenvalue weighted by atomic mass is 10.2. The summed E-state index contributed by atoms with van der Waals surface area (Å²) in [5.41, 5.74) is 5.98. The Morgan fingerprint density at radius 1 is 1.38 bits per heavy atom. The summed E-state index contributed by atoms with van der Waals surface area (Å²) in [4.78, 5) is 24.3. The number of halogens is 1. The highest BCUT2D eigenvalue weighted by molar-refractivity contribution is 6.33. The molecular weight excluding hydrogens is 338 g/mol. The summed E-state index contributed by atoms with van der Waals surface area (Å²) in [6.07, 6.45) is -1.07. The predicted octanol–water partition coefficient (Wildman–Crippen LogP) is 2.41. The molecule has 1 amide bonds. The van der Waals surface area contributed by atoms with Crippen LogP contribution in [0.3, 0.4) is 0 Å². The van der Waals surface area contributed by atoms with E-state index in [0.717, 1.165) is 0 Å². The van der Waals surface area contributed by atoms with Gasteiger partial charge in [-0.25, -0.2) is 4.79 Å². The van der Waals surface area contributed by atoms with Crippen LogP contribution in [0.4, 0.5) is 11.5 Å². The van der Waals surface area contributed by atoms with Crippen LogP contribution in [-0.2, 0) is 9.53 Å². The van der Waals surface area contributed by atoms with Gasteiger partial charge < -0.3 is 25.0 Å². The topological polar surface area (TPSA) is 117 Å². The maximum absolute atomic E-state index is 12.2. The van der Waals surface area contributed by atoms with E-state index in [0.29, 0.717) is 5.76 Å². The fourth-order valence-corrected chi connectivity index (χ4v) is 1.99. The number of anilines is 2. The van der Waals surface area contributed by atoms with Gasteiger partial charge in [-0.1, -0.05) is 16.8 Å². The third-order valence-electron chi connectivity index (χ3n) is 3.07. The van der Waals surface area contributed by atoms with Crippen molar-refractivity contribution in [3.8, 4) is 5.75 Å². The minimum atomic E-state index is -1.07. The first-order valence-corrected chi connectivity index (χ1v) is 7.27. The van der Waals surface area contributed by atoms with Gasteiger partial charge in [0, 0.05) is 12.1 Å². The second kappa shape index (κ2) is 7.22. The Bertz CT molecular complexity index is 774. The van der Waals surface area contributed by atoms with E-state index in [-0.39, 0.29) is 27.8 Å². The van der Waals surface area contributed by atoms with E-state index >= 15 is 0 Å². The number of ether oxygens (including phenoxy) is 2. The van der Waals surface area contributed by atoms with Crippen molar-refractivity contribution in [3.63, 3.8) is 0 Å². The zero-order valence-corrected chi connectivity index (χ0v) is 14.0. The van der Waals surface area contributed by atoms with Crippen LogP contribution < -0.4 is 15.8 Å². The molecule has 3 N–H and O–H groups in total. The van der Waals surface area contributed by atoms with Crippen molar-refractivity contribution in [1.82, 2.24) is 5.16 Å². The van der Waals surface area contributed by atoms with E-state index in [1.807, 2.05) is 0 Å². The summed E-state index contributed by atoms with van der Waals surface area (Å²) < 4.78 is 15.0. The normalized spacial score (nSPS) is 11.7. The molecule has 8 nitrogen and oxygen atoms in total. The van der Waals surface area contributed by atoms with E-state index in [4.69, 9.17) is 31.3 Å². The number of nitrogen functional groups attached to an aromatic ring is 1. The molecule has 9 heteroatoms. The van der Waals surface area contributed by atoms with Gasteiger partial charge in [0.05, 0.1) is 17.8 Å². The Morgan fingerprint density at radius 2 is 2.08 bits per heavy atom. The van der Waals surface area contributed by atoms with E-state index in [2.05, 4.69) is 10.5 Å². The number of carbonyl (C=O) groups excluding carboxylic acids is 2. The average molecular weight is 354 g/mol. The second-order valence-electron chi connectivity index (χ2n) is 4.93. The molecule has 0 aliphatic heterocycles. The number of nitrogens with two attached hydrogens (primary N) is 1. The van der Waals surface area contributed by atoms with Gasteiger partial charge in [0.2, 0.25) is 0 Å². The molecule has 2 rings (SSSR count). The first kappa shape index (κ1) is 17.6. The summed E-state index contributed by atoms with van der Waals surface area (Å²) in [6.45, 7) is 3.11. The maximum Gasteiger partial charge on any atom is 0.342 e. The van der Waals surface area contributed by atoms with Crippen LogP contribution >= 0.6 is 11.6 Å². The highest BCUT2D eigenvalue weighted by atomic mass is 35.5. The molecule has 1 atom stereocenters. The minimum Gasteiger partial charge on any atom is -0.496 e. The molecule has 1 aromatic heterocycles. The zero-order valence-electron chi connectivity index (χ0n) is 13.3. The largest absolute Gasteiger partial charge is 0.496 e. The lowest BCUT2D eigenvalue weighted by molar-refractivity contribution is -0.123. The number of esters is 1. The Balaban J connectivity index is 2.08. The van der Waals surface area contributed by atoms with Crippen LogP contribution in [0.1, 0.15) is 23.0 Å². The molecule has 2 aromatic rings. The SMILES string of the molecule is COc1cc(N)c(Cl)cc1C(=O)O[C@H](C)C(=O)Nc1cc(C)on1. The van der Waals surface area contributed by atoms with Crippen molar-refractivity contribution in [2.24, 2.45) is 0 Å². The van der Waals surface area contributed by atoms with Crippen LogP contribution in [0.5, 0.6) is 5.75 Å². The molecule has 0 spiro atoms. The number of hydrogen-bond acceptors (Lipinski definition) is 7. The van der Waals surface area contributed by atoms with Crippen LogP contribution in [0, 0.1) is 6.92 Å². The third-order valence-corrected chi connectivity index (χ3v) is 3.40. The van der Waals surface area contributed by atoms with Crippen molar-refractivity contribution in [1.29, 1.82) is 0 Å². The number of amides is 1. The smallest absolute Gasteiger partial charge is 0.342 e. The highest BCUT2D eigenvalue weighted by Crippen LogP contribution is 2.29. The number of nitrogens with one attached hydrogen (secondary N) is 1. The van der Waals surface area contributed by atoms with Gasteiger partial charge in [0.15, 0.2) is 11.9 Å². The van der Waals surface area contributed by atoms with E-state index < -0.39 is 18.0 Å². The quantitative estimate of drug-likeness (QED) is 0.626. The number of aromatic nitrogens is 1. The van der Waals surface area contributed by atoms with E-state index in [1.165, 1.54) is 32.2 Å². The number of carbonyl (C=O) groups is 2. The number of hydrogen-bond donors (Lipinski definition) is 2. The number of aryl methyl sites for hydroxylation is 1. The maximum atomic E-state index is 12.2. The molecular formula is C15H16ClN3O5. The minimum absolute atomic E-state index is 0.0635. The second-order valence-corrected chi connectivity index (χ2v) is 5.34. The van der Waals surface area contributed by atoms with Crippen molar-refractivity contribution >= 4 is 35.0 Å². The van der Waals surface area contributed by atoms with E-state index in [1.54, 1.807) is 6.92 Å². The Kier molecular flexibility index (Phi) is 5.30. The molecule has 0 fully saturated rings. The molecule has 0 unspecified atom stereocenters. The summed E-state index contributed by atoms with van der Waals surface area (Å²) in [7, 11) is 1.38. The molecule has 24 heavy (non-hydrogen) atoms. The molecule has 0 aliphatic rings. The number of nitrogens with zero attached hydrogens (tertiary/aromatic N) is 1. The Labute approximate surface area is 142 Å². The van der Waals surface area contributed by atoms with Crippen LogP contribution in [0.25, 0.3) is 0 Å². The molecule has 0 bridgehead atoms. The molecule has 0 radical (unpaired) electrons. The Morgan fingerprint density at radius 3 is 2.67 bits per heavy atom. The Hall–Kier alpha value is -2.74. The van der Waals surface area contributed by atoms with Gasteiger partial charge in [-0.3, -0.25) is 4.79 Å². The van der Waals surface area contributed by atoms with Gasteiger partial charge in [-0.15, -0.1) is 0 Å². The molecule has 1 aromatic carbocycles. The predicted molar refractivity (Wildman–Crippen MR) is 87.2 cm³/mol. The fraction of sp³-hybridized carbons (Fsp3) is 0.267. The van der Waals surface area contributed by atoms with Gasteiger partial charge in [-0.05, 0) is 19.9 Å². The summed E-state index contributed by atoms with van der Waals surface area (Å²) in [6, 6.07) is 4.26. The summed E-state index contributed by atoms with van der Waals surface area (Å²) in [5.74, 6) is -0.365. The first-order chi connectivity index (χ1) is 11.3. The van der Waals surface area contributed by atoms with Gasteiger partial charge in [0.25, 0.3) is 5.91 Å². The number of rotatable bonds is 5. The van der Waals surface area contributed by atoms with E-state index in [9.17, 15) is 9.59 Å². The molecule has 0 aliphatic carbocycles. The standard InChI is InChI=1S/C15H16ClN3O5/c1-7-4-13(19-24-7)18-14(20)8(2)23-15(21)9-5-10(16)11(17)6-12(9)22-3/h4-6,8H,17H2,1-3H3,(H,18,19,20)/t8-/m1/s1. The lowest BCUT2D eigenvalue weighted by Crippen LogP contribution is -2.30. The number of methoxy groups -OCH3 is 1. The van der Waals surface area contributed by atoms with Gasteiger partial charge in [-0.2, -0.15) is 0 Å². The summed E-state index contributed by atoms with van der Waals surface area (Å²) >= 11 is 5.91. The fourth-order valence-electron chi connectivity index (χ4n) is 1.83. The molecule has 1 heterocycles. The third kappa shape index (κ3) is 3.96. The lowest BCUT2D eigenvalue weighted by Gasteiger charge is -2.14. The van der Waals surface area contributed by atoms with Crippen molar-refractivity contribution in [2.45, 2.75) is 20.0 Å². The van der Waals surface area contributed by atoms with Crippen LogP contribution in [0.15, 0.2) is 22.7 Å². The van der Waals surface area contributed by atoms with Crippen molar-refractivity contribution in [3.05, 3.63) is 34.5 Å². The molecule has 128 valence electrons. The van der Waals surface area contributed by atoms with Crippen molar-refractivity contribution < 1.29 is 23.6 Å². The average Bonchev–Trinajstić information content (AvgIpc) is 2.94. The van der Waals surface area contributed by atoms with Crippen molar-refractivity contribution in [2.75, 3.05) is 18.2 Å². The van der Waals surface area contributed by atoms with Gasteiger partial charge in [0.1, 0.15) is 17.1 Å². The van der Waals surface area contributed by atoms with Gasteiger partial charge >= 0.3 is 5.97 Å². The highest BCUT2D eigenvalue weighted by Gasteiger charge is 2.23. The first-order valence-electron chi connectivity index (χ1n) is 6.90. The van der Waals surface area contributed by atoms with Crippen LogP contribution in [-0.4, -0.2) is 30.2 Å². The number of benzene rings is 1.